The maximum atomic E-state index is 12.8. The number of carboxylic acids is 1. The highest BCUT2D eigenvalue weighted by atomic mass is 16.5. The molecule has 0 radical (unpaired) electrons. The van der Waals surface area contributed by atoms with E-state index in [0.29, 0.717) is 17.9 Å². The first-order chi connectivity index (χ1) is 12.5. The molecule has 2 unspecified atom stereocenters. The molecule has 3 rings (SSSR count). The maximum Gasteiger partial charge on any atom is 0.312 e. The summed E-state index contributed by atoms with van der Waals surface area (Å²) in [4.78, 5) is 25.9. The monoisotopic (exact) mass is 350 g/mol. The fourth-order valence-corrected chi connectivity index (χ4v) is 3.15. The second kappa shape index (κ2) is 7.28. The molecular weight excluding hydrogens is 332 g/mol. The zero-order valence-electron chi connectivity index (χ0n) is 14.3. The van der Waals surface area contributed by atoms with E-state index in [1.165, 1.54) is 4.90 Å². The van der Waals surface area contributed by atoms with Gasteiger partial charge in [0, 0.05) is 13.1 Å². The van der Waals surface area contributed by atoms with Crippen molar-refractivity contribution in [2.75, 3.05) is 6.54 Å². The van der Waals surface area contributed by atoms with Crippen molar-refractivity contribution in [3.8, 4) is 11.8 Å². The van der Waals surface area contributed by atoms with Gasteiger partial charge in [0.1, 0.15) is 11.8 Å². The lowest BCUT2D eigenvalue weighted by atomic mass is 9.89. The largest absolute Gasteiger partial charge is 0.481 e. The summed E-state index contributed by atoms with van der Waals surface area (Å²) in [6.45, 7) is 2.04. The number of aliphatic carboxylic acids is 1. The molecule has 1 amide bonds. The molecule has 1 N–H and O–H groups in total. The number of nitrogens with zero attached hydrogens (tertiary/aromatic N) is 2. The fourth-order valence-electron chi connectivity index (χ4n) is 3.15. The molecule has 0 fully saturated rings. The van der Waals surface area contributed by atoms with Gasteiger partial charge in [-0.1, -0.05) is 36.4 Å². The van der Waals surface area contributed by atoms with Crippen molar-refractivity contribution in [2.45, 2.75) is 25.5 Å². The SMILES string of the molecule is CC(Oc1ccccc1C#N)C(=O)N1Cc2ccccc2C(C(=O)O)C1. The molecule has 0 saturated heterocycles. The van der Waals surface area contributed by atoms with Crippen molar-refractivity contribution < 1.29 is 19.4 Å². The predicted octanol–water partition coefficient (Wildman–Crippen LogP) is 2.54. The number of hydrogen-bond donors (Lipinski definition) is 1. The first-order valence-corrected chi connectivity index (χ1v) is 8.26. The second-order valence-electron chi connectivity index (χ2n) is 6.18. The molecule has 0 aliphatic carbocycles. The Kier molecular flexibility index (Phi) is 4.90. The minimum Gasteiger partial charge on any atom is -0.481 e. The van der Waals surface area contributed by atoms with Crippen LogP contribution in [0.1, 0.15) is 29.5 Å². The van der Waals surface area contributed by atoms with Crippen LogP contribution in [0.5, 0.6) is 5.75 Å². The lowest BCUT2D eigenvalue weighted by Crippen LogP contribution is -2.45. The third kappa shape index (κ3) is 3.38. The number of carbonyl (C=O) groups excluding carboxylic acids is 1. The van der Waals surface area contributed by atoms with E-state index in [1.807, 2.05) is 18.2 Å². The Morgan fingerprint density at radius 2 is 1.92 bits per heavy atom. The van der Waals surface area contributed by atoms with Gasteiger partial charge in [-0.2, -0.15) is 5.26 Å². The summed E-state index contributed by atoms with van der Waals surface area (Å²) < 4.78 is 5.67. The molecular formula is C20H18N2O4. The summed E-state index contributed by atoms with van der Waals surface area (Å²) in [5, 5.41) is 18.7. The number of amides is 1. The first kappa shape index (κ1) is 17.5. The van der Waals surface area contributed by atoms with Gasteiger partial charge >= 0.3 is 5.97 Å². The second-order valence-corrected chi connectivity index (χ2v) is 6.18. The molecule has 1 heterocycles. The van der Waals surface area contributed by atoms with E-state index >= 15 is 0 Å². The van der Waals surface area contributed by atoms with Gasteiger partial charge in [-0.15, -0.1) is 0 Å². The van der Waals surface area contributed by atoms with Crippen LogP contribution in [-0.2, 0) is 16.1 Å². The maximum absolute atomic E-state index is 12.8. The van der Waals surface area contributed by atoms with E-state index in [1.54, 1.807) is 43.3 Å². The molecule has 6 heteroatoms. The van der Waals surface area contributed by atoms with Crippen LogP contribution in [-0.4, -0.2) is 34.5 Å². The molecule has 1 aliphatic heterocycles. The van der Waals surface area contributed by atoms with Crippen molar-refractivity contribution in [1.82, 2.24) is 4.90 Å². The van der Waals surface area contributed by atoms with Gasteiger partial charge in [-0.05, 0) is 30.2 Å². The summed E-state index contributed by atoms with van der Waals surface area (Å²) in [7, 11) is 0. The zero-order chi connectivity index (χ0) is 18.7. The average Bonchev–Trinajstić information content (AvgIpc) is 2.66. The standard InChI is InChI=1S/C20H18N2O4/c1-13(26-18-9-5-3-6-14(18)10-21)19(23)22-11-15-7-2-4-8-16(15)17(12-22)20(24)25/h2-9,13,17H,11-12H2,1H3,(H,24,25). The van der Waals surface area contributed by atoms with Gasteiger partial charge in [-0.3, -0.25) is 9.59 Å². The highest BCUT2D eigenvalue weighted by Gasteiger charge is 2.34. The molecule has 2 aromatic carbocycles. The van der Waals surface area contributed by atoms with Crippen molar-refractivity contribution in [2.24, 2.45) is 0 Å². The van der Waals surface area contributed by atoms with Crippen LogP contribution < -0.4 is 4.74 Å². The minimum absolute atomic E-state index is 0.0960. The Hall–Kier alpha value is -3.33. The van der Waals surface area contributed by atoms with Crippen LogP contribution >= 0.6 is 0 Å². The van der Waals surface area contributed by atoms with Crippen LogP contribution in [0, 0.1) is 11.3 Å². The summed E-state index contributed by atoms with van der Waals surface area (Å²) in [6.07, 6.45) is -0.829. The molecule has 132 valence electrons. The Morgan fingerprint density at radius 1 is 1.23 bits per heavy atom. The summed E-state index contributed by atoms with van der Waals surface area (Å²) in [5.74, 6) is -1.69. The van der Waals surface area contributed by atoms with E-state index in [-0.39, 0.29) is 12.5 Å². The molecule has 0 bridgehead atoms. The van der Waals surface area contributed by atoms with E-state index < -0.39 is 18.0 Å². The highest BCUT2D eigenvalue weighted by molar-refractivity contribution is 5.84. The molecule has 26 heavy (non-hydrogen) atoms. The lowest BCUT2D eigenvalue weighted by Gasteiger charge is -2.34. The van der Waals surface area contributed by atoms with Crippen molar-refractivity contribution in [3.05, 3.63) is 65.2 Å². The lowest BCUT2D eigenvalue weighted by molar-refractivity contribution is -0.143. The number of hydrogen-bond acceptors (Lipinski definition) is 4. The van der Waals surface area contributed by atoms with Gasteiger partial charge in [0.2, 0.25) is 0 Å². The molecule has 0 saturated carbocycles. The van der Waals surface area contributed by atoms with Crippen LogP contribution in [0.25, 0.3) is 0 Å². The number of fused-ring (bicyclic) bond motifs is 1. The summed E-state index contributed by atoms with van der Waals surface area (Å²) in [6, 6.07) is 16.0. The average molecular weight is 350 g/mol. The smallest absolute Gasteiger partial charge is 0.312 e. The van der Waals surface area contributed by atoms with E-state index in [0.717, 1.165) is 11.1 Å². The number of benzene rings is 2. The van der Waals surface area contributed by atoms with Crippen LogP contribution in [0.4, 0.5) is 0 Å². The van der Waals surface area contributed by atoms with Crippen LogP contribution in [0.3, 0.4) is 0 Å². The van der Waals surface area contributed by atoms with Crippen LogP contribution in [0.2, 0.25) is 0 Å². The first-order valence-electron chi connectivity index (χ1n) is 8.26. The fraction of sp³-hybridized carbons (Fsp3) is 0.250. The van der Waals surface area contributed by atoms with Gasteiger partial charge in [-0.25, -0.2) is 0 Å². The summed E-state index contributed by atoms with van der Waals surface area (Å²) in [5.41, 5.74) is 1.91. The third-order valence-corrected chi connectivity index (χ3v) is 4.46. The number of rotatable bonds is 4. The molecule has 2 atom stereocenters. The van der Waals surface area contributed by atoms with Crippen molar-refractivity contribution >= 4 is 11.9 Å². The van der Waals surface area contributed by atoms with E-state index in [9.17, 15) is 14.7 Å². The van der Waals surface area contributed by atoms with E-state index in [2.05, 4.69) is 0 Å². The van der Waals surface area contributed by atoms with Gasteiger partial charge in [0.15, 0.2) is 6.10 Å². The zero-order valence-corrected chi connectivity index (χ0v) is 14.3. The Balaban J connectivity index is 1.80. The van der Waals surface area contributed by atoms with Crippen molar-refractivity contribution in [3.63, 3.8) is 0 Å². The number of nitriles is 1. The normalized spacial score (nSPS) is 16.9. The highest BCUT2D eigenvalue weighted by Crippen LogP contribution is 2.29. The molecule has 0 aromatic heterocycles. The Morgan fingerprint density at radius 3 is 2.65 bits per heavy atom. The number of para-hydroxylation sites is 1. The van der Waals surface area contributed by atoms with E-state index in [4.69, 9.17) is 10.00 Å². The Labute approximate surface area is 151 Å². The molecule has 2 aromatic rings. The quantitative estimate of drug-likeness (QED) is 0.915. The minimum atomic E-state index is -0.960. The molecule has 1 aliphatic rings. The topological polar surface area (TPSA) is 90.6 Å². The van der Waals surface area contributed by atoms with Gasteiger partial charge in [0.05, 0.1) is 11.5 Å². The number of carboxylic acid groups (broad SMARTS) is 1. The predicted molar refractivity (Wildman–Crippen MR) is 93.5 cm³/mol. The van der Waals surface area contributed by atoms with Crippen LogP contribution in [0.15, 0.2) is 48.5 Å². The number of carbonyl (C=O) groups is 2. The number of ether oxygens (including phenoxy) is 1. The Bertz CT molecular complexity index is 887. The van der Waals surface area contributed by atoms with Gasteiger partial charge < -0.3 is 14.7 Å². The van der Waals surface area contributed by atoms with Gasteiger partial charge in [0.25, 0.3) is 5.91 Å². The van der Waals surface area contributed by atoms with Crippen molar-refractivity contribution in [1.29, 1.82) is 5.26 Å². The molecule has 6 nitrogen and oxygen atoms in total. The third-order valence-electron chi connectivity index (χ3n) is 4.46. The molecule has 0 spiro atoms. The summed E-state index contributed by atoms with van der Waals surface area (Å²) >= 11 is 0.